The Kier molecular flexibility index (Phi) is 4.17. The Labute approximate surface area is 106 Å². The summed E-state index contributed by atoms with van der Waals surface area (Å²) in [7, 11) is 1.87. The molecule has 2 rings (SSSR count). The molecule has 0 bridgehead atoms. The first-order valence-electron chi connectivity index (χ1n) is 6.12. The Morgan fingerprint density at radius 1 is 1.39 bits per heavy atom. The van der Waals surface area contributed by atoms with Gasteiger partial charge in [0.05, 0.1) is 6.33 Å². The number of carbonyl (C=O) groups excluding carboxylic acids is 1. The third-order valence-electron chi connectivity index (χ3n) is 2.86. The van der Waals surface area contributed by atoms with Crippen molar-refractivity contribution in [2.45, 2.75) is 19.4 Å². The van der Waals surface area contributed by atoms with E-state index in [1.165, 1.54) is 0 Å². The number of nitrogens with one attached hydrogen (secondary N) is 1. The van der Waals surface area contributed by atoms with Gasteiger partial charge in [-0.2, -0.15) is 0 Å². The maximum Gasteiger partial charge on any atom is 0.267 e. The number of aryl methyl sites for hydroxylation is 2. The topological polar surface area (TPSA) is 51.9 Å². The molecule has 0 aliphatic carbocycles. The van der Waals surface area contributed by atoms with Crippen LogP contribution in [-0.4, -0.2) is 26.6 Å². The van der Waals surface area contributed by atoms with Crippen LogP contribution >= 0.6 is 0 Å². The van der Waals surface area contributed by atoms with Crippen molar-refractivity contribution in [2.75, 3.05) is 6.54 Å². The van der Waals surface area contributed by atoms with Crippen LogP contribution in [0.5, 0.6) is 0 Å². The predicted octanol–water partition coefficient (Wildman–Crippen LogP) is 1.43. The molecule has 5 nitrogen and oxygen atoms in total. The minimum atomic E-state index is -0.00914. The lowest BCUT2D eigenvalue weighted by Crippen LogP contribution is -2.26. The minimum Gasteiger partial charge on any atom is -0.351 e. The second-order valence-electron chi connectivity index (χ2n) is 4.27. The fourth-order valence-corrected chi connectivity index (χ4v) is 1.83. The summed E-state index contributed by atoms with van der Waals surface area (Å²) >= 11 is 0. The van der Waals surface area contributed by atoms with E-state index in [-0.39, 0.29) is 5.91 Å². The number of hydrogen-bond donors (Lipinski definition) is 1. The molecule has 0 saturated heterocycles. The van der Waals surface area contributed by atoms with E-state index >= 15 is 0 Å². The summed E-state index contributed by atoms with van der Waals surface area (Å²) in [6.07, 6.45) is 9.40. The monoisotopic (exact) mass is 246 g/mol. The van der Waals surface area contributed by atoms with E-state index < -0.39 is 0 Å². The van der Waals surface area contributed by atoms with Crippen molar-refractivity contribution >= 4 is 5.91 Å². The maximum atomic E-state index is 11.8. The van der Waals surface area contributed by atoms with E-state index in [4.69, 9.17) is 0 Å². The average Bonchev–Trinajstić information content (AvgIpc) is 2.99. The summed E-state index contributed by atoms with van der Waals surface area (Å²) in [5, 5.41) is 2.92. The third-order valence-corrected chi connectivity index (χ3v) is 2.86. The molecular weight excluding hydrogens is 228 g/mol. The van der Waals surface area contributed by atoms with Gasteiger partial charge in [-0.1, -0.05) is 0 Å². The second kappa shape index (κ2) is 6.05. The molecule has 0 saturated carbocycles. The molecule has 2 heterocycles. The van der Waals surface area contributed by atoms with E-state index in [0.717, 1.165) is 19.4 Å². The zero-order valence-corrected chi connectivity index (χ0v) is 10.5. The molecule has 1 amide bonds. The number of hydrogen-bond acceptors (Lipinski definition) is 2. The summed E-state index contributed by atoms with van der Waals surface area (Å²) in [4.78, 5) is 15.8. The predicted molar refractivity (Wildman–Crippen MR) is 69.2 cm³/mol. The summed E-state index contributed by atoms with van der Waals surface area (Å²) in [6, 6.07) is 3.69. The Balaban J connectivity index is 1.64. The minimum absolute atomic E-state index is 0.00914. The lowest BCUT2D eigenvalue weighted by Gasteiger charge is -2.06. The van der Waals surface area contributed by atoms with Gasteiger partial charge in [0.1, 0.15) is 5.69 Å². The number of rotatable bonds is 6. The van der Waals surface area contributed by atoms with Gasteiger partial charge in [-0.05, 0) is 25.0 Å². The van der Waals surface area contributed by atoms with Gasteiger partial charge in [0.2, 0.25) is 0 Å². The second-order valence-corrected chi connectivity index (χ2v) is 4.27. The van der Waals surface area contributed by atoms with Crippen LogP contribution in [0.3, 0.4) is 0 Å². The normalized spacial score (nSPS) is 10.5. The summed E-state index contributed by atoms with van der Waals surface area (Å²) in [6.45, 7) is 1.65. The summed E-state index contributed by atoms with van der Waals surface area (Å²) in [5.41, 5.74) is 0.699. The summed E-state index contributed by atoms with van der Waals surface area (Å²) in [5.74, 6) is -0.00914. The molecule has 2 aromatic rings. The highest BCUT2D eigenvalue weighted by molar-refractivity contribution is 5.92. The van der Waals surface area contributed by atoms with Crippen molar-refractivity contribution in [3.63, 3.8) is 0 Å². The first-order valence-corrected chi connectivity index (χ1v) is 6.12. The number of imidazole rings is 1. The number of nitrogens with zero attached hydrogens (tertiary/aromatic N) is 3. The van der Waals surface area contributed by atoms with Crippen LogP contribution in [0.2, 0.25) is 0 Å². The van der Waals surface area contributed by atoms with Gasteiger partial charge in [-0.3, -0.25) is 4.79 Å². The molecule has 2 aromatic heterocycles. The quantitative estimate of drug-likeness (QED) is 0.784. The van der Waals surface area contributed by atoms with Gasteiger partial charge in [0.15, 0.2) is 0 Å². The molecule has 0 atom stereocenters. The van der Waals surface area contributed by atoms with Gasteiger partial charge < -0.3 is 14.5 Å². The lowest BCUT2D eigenvalue weighted by atomic mass is 10.3. The van der Waals surface area contributed by atoms with Crippen molar-refractivity contribution in [1.82, 2.24) is 19.4 Å². The molecule has 18 heavy (non-hydrogen) atoms. The highest BCUT2D eigenvalue weighted by Crippen LogP contribution is 1.99. The van der Waals surface area contributed by atoms with Gasteiger partial charge in [-0.15, -0.1) is 0 Å². The molecule has 1 N–H and O–H groups in total. The fourth-order valence-electron chi connectivity index (χ4n) is 1.83. The fraction of sp³-hybridized carbons (Fsp3) is 0.385. The smallest absolute Gasteiger partial charge is 0.267 e. The van der Waals surface area contributed by atoms with Crippen molar-refractivity contribution < 1.29 is 4.79 Å². The SMILES string of the molecule is Cn1cccc1C(=O)NCCCCn1ccnc1. The van der Waals surface area contributed by atoms with Crippen LogP contribution in [-0.2, 0) is 13.6 Å². The van der Waals surface area contributed by atoms with E-state index in [9.17, 15) is 4.79 Å². The van der Waals surface area contributed by atoms with Gasteiger partial charge in [0, 0.05) is 38.7 Å². The van der Waals surface area contributed by atoms with Gasteiger partial charge in [0.25, 0.3) is 5.91 Å². The van der Waals surface area contributed by atoms with Crippen LogP contribution in [0.25, 0.3) is 0 Å². The molecular formula is C13H18N4O. The van der Waals surface area contributed by atoms with Crippen LogP contribution < -0.4 is 5.32 Å². The van der Waals surface area contributed by atoms with Crippen LogP contribution in [0.15, 0.2) is 37.1 Å². The van der Waals surface area contributed by atoms with Crippen LogP contribution in [0.1, 0.15) is 23.3 Å². The molecule has 0 aliphatic heterocycles. The molecule has 5 heteroatoms. The highest BCUT2D eigenvalue weighted by Gasteiger charge is 2.06. The first kappa shape index (κ1) is 12.4. The zero-order valence-electron chi connectivity index (χ0n) is 10.5. The van der Waals surface area contributed by atoms with E-state index in [1.807, 2.05) is 47.0 Å². The summed E-state index contributed by atoms with van der Waals surface area (Å²) < 4.78 is 3.86. The number of unbranched alkanes of at least 4 members (excludes halogenated alkanes) is 1. The molecule has 0 aliphatic rings. The Morgan fingerprint density at radius 2 is 2.28 bits per heavy atom. The van der Waals surface area contributed by atoms with Gasteiger partial charge in [-0.25, -0.2) is 4.98 Å². The Hall–Kier alpha value is -2.04. The maximum absolute atomic E-state index is 11.8. The van der Waals surface area contributed by atoms with Crippen molar-refractivity contribution in [3.8, 4) is 0 Å². The van der Waals surface area contributed by atoms with E-state index in [1.54, 1.807) is 6.20 Å². The average molecular weight is 246 g/mol. The standard InChI is InChI=1S/C13H18N4O/c1-16-8-4-5-12(16)13(18)15-6-2-3-9-17-10-7-14-11-17/h4-5,7-8,10-11H,2-3,6,9H2,1H3,(H,15,18). The van der Waals surface area contributed by atoms with E-state index in [2.05, 4.69) is 10.3 Å². The molecule has 96 valence electrons. The Bertz CT molecular complexity index is 487. The third kappa shape index (κ3) is 3.23. The van der Waals surface area contributed by atoms with Gasteiger partial charge >= 0.3 is 0 Å². The number of aromatic nitrogens is 3. The van der Waals surface area contributed by atoms with E-state index in [0.29, 0.717) is 12.2 Å². The Morgan fingerprint density at radius 3 is 2.94 bits per heavy atom. The molecule has 0 radical (unpaired) electrons. The molecule has 0 aromatic carbocycles. The van der Waals surface area contributed by atoms with Crippen molar-refractivity contribution in [3.05, 3.63) is 42.7 Å². The number of amides is 1. The largest absolute Gasteiger partial charge is 0.351 e. The first-order chi connectivity index (χ1) is 8.77. The van der Waals surface area contributed by atoms with Crippen LogP contribution in [0.4, 0.5) is 0 Å². The highest BCUT2D eigenvalue weighted by atomic mass is 16.1. The van der Waals surface area contributed by atoms with Crippen molar-refractivity contribution in [1.29, 1.82) is 0 Å². The van der Waals surface area contributed by atoms with Crippen LogP contribution in [0, 0.1) is 0 Å². The molecule has 0 unspecified atom stereocenters. The van der Waals surface area contributed by atoms with Crippen molar-refractivity contribution in [2.24, 2.45) is 7.05 Å². The number of carbonyl (C=O) groups is 1. The lowest BCUT2D eigenvalue weighted by molar-refractivity contribution is 0.0945. The zero-order chi connectivity index (χ0) is 12.8. The molecule has 0 fully saturated rings. The molecule has 0 spiro atoms.